The first-order valence-electron chi connectivity index (χ1n) is 6.99. The van der Waals surface area contributed by atoms with Crippen molar-refractivity contribution in [1.29, 1.82) is 0 Å². The van der Waals surface area contributed by atoms with Gasteiger partial charge in [0.25, 0.3) is 0 Å². The fourth-order valence-corrected chi connectivity index (χ4v) is 2.32. The van der Waals surface area contributed by atoms with Crippen molar-refractivity contribution in [3.05, 3.63) is 42.0 Å². The van der Waals surface area contributed by atoms with Gasteiger partial charge in [0.2, 0.25) is 0 Å². The highest BCUT2D eigenvalue weighted by atomic mass is 32.2. The lowest BCUT2D eigenvalue weighted by atomic mass is 10.0. The molecule has 0 aliphatic carbocycles. The molecule has 0 aromatic heterocycles. The standard InChI is InChI=1S/C15H17F3O5S/c1-3-5-12-10-11(7-9-14(19)22-4-2)6-8-13(12)23-24(20,21)15(16,17)18/h3,6,8,10H,1,4-5,7,9H2,2H3. The Hall–Kier alpha value is -2.03. The van der Waals surface area contributed by atoms with Gasteiger partial charge in [-0.25, -0.2) is 0 Å². The molecule has 0 radical (unpaired) electrons. The topological polar surface area (TPSA) is 69.7 Å². The molecule has 0 fully saturated rings. The van der Waals surface area contributed by atoms with Gasteiger partial charge in [-0.05, 0) is 37.0 Å². The first-order valence-corrected chi connectivity index (χ1v) is 8.40. The van der Waals surface area contributed by atoms with Crippen molar-refractivity contribution in [2.45, 2.75) is 31.7 Å². The lowest BCUT2D eigenvalue weighted by Gasteiger charge is -2.13. The van der Waals surface area contributed by atoms with E-state index < -0.39 is 27.3 Å². The minimum Gasteiger partial charge on any atom is -0.466 e. The van der Waals surface area contributed by atoms with Crippen molar-refractivity contribution in [3.8, 4) is 5.75 Å². The molecule has 134 valence electrons. The summed E-state index contributed by atoms with van der Waals surface area (Å²) in [6.45, 7) is 5.40. The van der Waals surface area contributed by atoms with E-state index in [0.717, 1.165) is 6.07 Å². The van der Waals surface area contributed by atoms with Crippen LogP contribution in [0.1, 0.15) is 24.5 Å². The predicted molar refractivity (Wildman–Crippen MR) is 80.9 cm³/mol. The van der Waals surface area contributed by atoms with E-state index in [1.807, 2.05) is 0 Å². The van der Waals surface area contributed by atoms with Crippen LogP contribution in [0.3, 0.4) is 0 Å². The summed E-state index contributed by atoms with van der Waals surface area (Å²) in [5.74, 6) is -0.824. The van der Waals surface area contributed by atoms with Gasteiger partial charge in [-0.2, -0.15) is 21.6 Å². The van der Waals surface area contributed by atoms with Gasteiger partial charge in [0, 0.05) is 6.42 Å². The third kappa shape index (κ3) is 5.55. The lowest BCUT2D eigenvalue weighted by Crippen LogP contribution is -2.28. The number of alkyl halides is 3. The van der Waals surface area contributed by atoms with Crippen LogP contribution in [-0.4, -0.2) is 26.5 Å². The molecule has 0 atom stereocenters. The molecule has 0 bridgehead atoms. The van der Waals surface area contributed by atoms with E-state index in [0.29, 0.717) is 12.0 Å². The van der Waals surface area contributed by atoms with E-state index in [1.165, 1.54) is 18.2 Å². The highest BCUT2D eigenvalue weighted by Gasteiger charge is 2.48. The molecule has 1 rings (SSSR count). The molecule has 9 heteroatoms. The molecule has 1 aromatic carbocycles. The summed E-state index contributed by atoms with van der Waals surface area (Å²) in [6.07, 6.45) is 1.91. The maximum atomic E-state index is 12.4. The normalized spacial score (nSPS) is 11.8. The second-order valence-electron chi connectivity index (χ2n) is 4.72. The van der Waals surface area contributed by atoms with Crippen LogP contribution in [0.4, 0.5) is 13.2 Å². The molecule has 0 N–H and O–H groups in total. The van der Waals surface area contributed by atoms with Crippen LogP contribution in [0.2, 0.25) is 0 Å². The zero-order valence-electron chi connectivity index (χ0n) is 12.9. The number of halogens is 3. The molecule has 5 nitrogen and oxygen atoms in total. The number of hydrogen-bond donors (Lipinski definition) is 0. The van der Waals surface area contributed by atoms with Crippen LogP contribution in [0.15, 0.2) is 30.9 Å². The van der Waals surface area contributed by atoms with E-state index in [-0.39, 0.29) is 25.0 Å². The molecule has 1 aromatic rings. The van der Waals surface area contributed by atoms with Gasteiger partial charge in [0.05, 0.1) is 6.61 Å². The van der Waals surface area contributed by atoms with Crippen LogP contribution in [-0.2, 0) is 32.5 Å². The summed E-state index contributed by atoms with van der Waals surface area (Å²) in [6, 6.07) is 4.00. The summed E-state index contributed by atoms with van der Waals surface area (Å²) >= 11 is 0. The van der Waals surface area contributed by atoms with Crippen LogP contribution in [0.25, 0.3) is 0 Å². The quantitative estimate of drug-likeness (QED) is 0.306. The van der Waals surface area contributed by atoms with E-state index >= 15 is 0 Å². The van der Waals surface area contributed by atoms with Crippen molar-refractivity contribution < 1.29 is 35.3 Å². The number of aryl methyl sites for hydroxylation is 1. The Morgan fingerprint density at radius 1 is 1.33 bits per heavy atom. The van der Waals surface area contributed by atoms with Gasteiger partial charge < -0.3 is 8.92 Å². The Bertz CT molecular complexity index is 696. The summed E-state index contributed by atoms with van der Waals surface area (Å²) in [5, 5.41) is 0. The maximum absolute atomic E-state index is 12.4. The van der Waals surface area contributed by atoms with Crippen LogP contribution >= 0.6 is 0 Å². The number of allylic oxidation sites excluding steroid dienone is 1. The highest BCUT2D eigenvalue weighted by Crippen LogP contribution is 2.30. The van der Waals surface area contributed by atoms with Gasteiger partial charge in [0.15, 0.2) is 0 Å². The largest absolute Gasteiger partial charge is 0.534 e. The van der Waals surface area contributed by atoms with Gasteiger partial charge in [-0.1, -0.05) is 18.2 Å². The third-order valence-corrected chi connectivity index (χ3v) is 3.86. The van der Waals surface area contributed by atoms with Gasteiger partial charge in [-0.15, -0.1) is 6.58 Å². The van der Waals surface area contributed by atoms with E-state index in [9.17, 15) is 26.4 Å². The second-order valence-corrected chi connectivity index (χ2v) is 6.26. The molecule has 0 aliphatic rings. The van der Waals surface area contributed by atoms with Gasteiger partial charge in [-0.3, -0.25) is 4.79 Å². The number of ether oxygens (including phenoxy) is 1. The molecular weight excluding hydrogens is 349 g/mol. The summed E-state index contributed by atoms with van der Waals surface area (Å²) < 4.78 is 68.4. The second kappa shape index (κ2) is 8.18. The minimum absolute atomic E-state index is 0.0996. The predicted octanol–water partition coefficient (Wildman–Crippen LogP) is 3.14. The van der Waals surface area contributed by atoms with E-state index in [4.69, 9.17) is 4.74 Å². The molecule has 0 saturated carbocycles. The summed E-state index contributed by atoms with van der Waals surface area (Å²) in [7, 11) is -5.75. The van der Waals surface area contributed by atoms with Crippen molar-refractivity contribution in [2.24, 2.45) is 0 Å². The maximum Gasteiger partial charge on any atom is 0.534 e. The zero-order chi connectivity index (χ0) is 18.4. The van der Waals surface area contributed by atoms with Crippen molar-refractivity contribution in [1.82, 2.24) is 0 Å². The number of rotatable bonds is 8. The molecule has 0 heterocycles. The Morgan fingerprint density at radius 2 is 2.00 bits per heavy atom. The number of benzene rings is 1. The molecule has 0 aliphatic heterocycles. The molecular formula is C15H17F3O5S. The van der Waals surface area contributed by atoms with Crippen LogP contribution in [0, 0.1) is 0 Å². The molecule has 0 spiro atoms. The fourth-order valence-electron chi connectivity index (χ4n) is 1.83. The van der Waals surface area contributed by atoms with E-state index in [1.54, 1.807) is 6.92 Å². The van der Waals surface area contributed by atoms with Gasteiger partial charge in [0.1, 0.15) is 5.75 Å². The average molecular weight is 366 g/mol. The SMILES string of the molecule is C=CCc1cc(CCC(=O)OCC)ccc1OS(=O)(=O)C(F)(F)F. The Kier molecular flexibility index (Phi) is 6.82. The van der Waals surface area contributed by atoms with Crippen LogP contribution < -0.4 is 4.18 Å². The highest BCUT2D eigenvalue weighted by molar-refractivity contribution is 7.88. The first kappa shape index (κ1) is 20.0. The number of hydrogen-bond acceptors (Lipinski definition) is 5. The first-order chi connectivity index (χ1) is 11.1. The number of carbonyl (C=O) groups excluding carboxylic acids is 1. The smallest absolute Gasteiger partial charge is 0.466 e. The lowest BCUT2D eigenvalue weighted by molar-refractivity contribution is -0.143. The van der Waals surface area contributed by atoms with E-state index in [2.05, 4.69) is 10.8 Å². The Balaban J connectivity index is 2.99. The van der Waals surface area contributed by atoms with Crippen LogP contribution in [0.5, 0.6) is 5.75 Å². The molecule has 0 amide bonds. The number of esters is 1. The Labute approximate surface area is 138 Å². The average Bonchev–Trinajstić information content (AvgIpc) is 2.46. The number of carbonyl (C=O) groups is 1. The molecule has 0 unspecified atom stereocenters. The summed E-state index contributed by atoms with van der Waals surface area (Å²) in [4.78, 5) is 11.3. The zero-order valence-corrected chi connectivity index (χ0v) is 13.7. The summed E-state index contributed by atoms with van der Waals surface area (Å²) in [5.41, 5.74) is -4.66. The van der Waals surface area contributed by atoms with Crippen molar-refractivity contribution in [3.63, 3.8) is 0 Å². The minimum atomic E-state index is -5.75. The Morgan fingerprint density at radius 3 is 2.54 bits per heavy atom. The third-order valence-electron chi connectivity index (χ3n) is 2.90. The monoisotopic (exact) mass is 366 g/mol. The molecule has 24 heavy (non-hydrogen) atoms. The van der Waals surface area contributed by atoms with Gasteiger partial charge >= 0.3 is 21.6 Å². The molecule has 0 saturated heterocycles. The fraction of sp³-hybridized carbons (Fsp3) is 0.400. The van der Waals surface area contributed by atoms with Crippen molar-refractivity contribution >= 4 is 16.1 Å². The van der Waals surface area contributed by atoms with Crippen molar-refractivity contribution in [2.75, 3.05) is 6.61 Å².